The van der Waals surface area contributed by atoms with Crippen LogP contribution in [0.5, 0.6) is 5.75 Å². The fraction of sp³-hybridized carbons (Fsp3) is 0.625. The molecule has 1 fully saturated rings. The van der Waals surface area contributed by atoms with Crippen LogP contribution in [0.4, 0.5) is 0 Å². The molecule has 2 nitrogen and oxygen atoms in total. The second-order valence-corrected chi connectivity index (χ2v) is 5.53. The number of methoxy groups -OCH3 is 1. The van der Waals surface area contributed by atoms with E-state index >= 15 is 0 Å². The van der Waals surface area contributed by atoms with Crippen molar-refractivity contribution in [2.45, 2.75) is 45.6 Å². The van der Waals surface area contributed by atoms with Crippen LogP contribution in [0.2, 0.25) is 0 Å². The summed E-state index contributed by atoms with van der Waals surface area (Å²) in [5.74, 6) is 1.61. The van der Waals surface area contributed by atoms with Crippen molar-refractivity contribution in [3.8, 4) is 5.75 Å². The van der Waals surface area contributed by atoms with Gasteiger partial charge in [-0.2, -0.15) is 0 Å². The molecule has 100 valence electrons. The maximum Gasteiger partial charge on any atom is 0.126 e. The van der Waals surface area contributed by atoms with Crippen molar-refractivity contribution in [2.75, 3.05) is 20.2 Å². The summed E-state index contributed by atoms with van der Waals surface area (Å²) < 4.78 is 5.65. The normalized spacial score (nSPS) is 17.1. The number of nitrogens with zero attached hydrogens (tertiary/aromatic N) is 1. The van der Waals surface area contributed by atoms with Crippen molar-refractivity contribution in [2.24, 2.45) is 0 Å². The van der Waals surface area contributed by atoms with Crippen LogP contribution in [0.1, 0.15) is 50.2 Å². The van der Waals surface area contributed by atoms with E-state index in [2.05, 4.69) is 36.9 Å². The van der Waals surface area contributed by atoms with Gasteiger partial charge in [-0.15, -0.1) is 0 Å². The van der Waals surface area contributed by atoms with E-state index in [1.165, 1.54) is 43.5 Å². The zero-order valence-electron chi connectivity index (χ0n) is 11.9. The van der Waals surface area contributed by atoms with Crippen molar-refractivity contribution in [3.05, 3.63) is 29.3 Å². The summed E-state index contributed by atoms with van der Waals surface area (Å²) in [7, 11) is 1.79. The third kappa shape index (κ3) is 3.05. The molecule has 0 atom stereocenters. The minimum absolute atomic E-state index is 0.515. The highest BCUT2D eigenvalue weighted by Gasteiger charge is 2.16. The fourth-order valence-corrected chi connectivity index (χ4v) is 2.79. The molecule has 2 heteroatoms. The van der Waals surface area contributed by atoms with Crippen LogP contribution in [0.3, 0.4) is 0 Å². The van der Waals surface area contributed by atoms with Crippen molar-refractivity contribution in [1.29, 1.82) is 0 Å². The summed E-state index contributed by atoms with van der Waals surface area (Å²) in [6.45, 7) is 7.94. The van der Waals surface area contributed by atoms with Crippen molar-refractivity contribution in [1.82, 2.24) is 4.90 Å². The molecule has 1 saturated heterocycles. The summed E-state index contributed by atoms with van der Waals surface area (Å²) in [5, 5.41) is 0. The van der Waals surface area contributed by atoms with Gasteiger partial charge in [-0.3, -0.25) is 4.90 Å². The van der Waals surface area contributed by atoms with E-state index in [-0.39, 0.29) is 0 Å². The lowest BCUT2D eigenvalue weighted by Crippen LogP contribution is -2.29. The Morgan fingerprint density at radius 3 is 2.50 bits per heavy atom. The first-order valence-corrected chi connectivity index (χ1v) is 7.10. The molecule has 0 saturated carbocycles. The molecule has 0 unspecified atom stereocenters. The SMILES string of the molecule is COc1c(CN2CCCCC2)cccc1C(C)C. The van der Waals surface area contributed by atoms with Gasteiger partial charge in [0.1, 0.15) is 5.75 Å². The van der Waals surface area contributed by atoms with Crippen molar-refractivity contribution in [3.63, 3.8) is 0 Å². The number of benzene rings is 1. The molecule has 0 amide bonds. The average Bonchev–Trinajstić information content (AvgIpc) is 2.39. The van der Waals surface area contributed by atoms with Gasteiger partial charge >= 0.3 is 0 Å². The van der Waals surface area contributed by atoms with Gasteiger partial charge < -0.3 is 4.74 Å². The van der Waals surface area contributed by atoms with Gasteiger partial charge in [0.05, 0.1) is 7.11 Å². The first-order chi connectivity index (χ1) is 8.72. The Balaban J connectivity index is 2.18. The highest BCUT2D eigenvalue weighted by Crippen LogP contribution is 2.31. The third-order valence-corrected chi connectivity index (χ3v) is 3.80. The van der Waals surface area contributed by atoms with E-state index in [0.717, 1.165) is 12.3 Å². The lowest BCUT2D eigenvalue weighted by atomic mass is 9.98. The number of hydrogen-bond donors (Lipinski definition) is 0. The van der Waals surface area contributed by atoms with Crippen molar-refractivity contribution >= 4 is 0 Å². The second kappa shape index (κ2) is 6.24. The van der Waals surface area contributed by atoms with Gasteiger partial charge in [-0.05, 0) is 37.4 Å². The van der Waals surface area contributed by atoms with E-state index in [1.807, 2.05) is 0 Å². The predicted octanol–water partition coefficient (Wildman–Crippen LogP) is 3.80. The zero-order chi connectivity index (χ0) is 13.0. The largest absolute Gasteiger partial charge is 0.496 e. The van der Waals surface area contributed by atoms with Crippen LogP contribution in [0, 0.1) is 0 Å². The number of hydrogen-bond acceptors (Lipinski definition) is 2. The van der Waals surface area contributed by atoms with E-state index in [9.17, 15) is 0 Å². The lowest BCUT2D eigenvalue weighted by Gasteiger charge is -2.27. The molecular formula is C16H25NO. The molecule has 0 N–H and O–H groups in total. The molecule has 2 rings (SSSR count). The van der Waals surface area contributed by atoms with Crippen LogP contribution in [-0.4, -0.2) is 25.1 Å². The molecule has 0 aliphatic carbocycles. The van der Waals surface area contributed by atoms with Crippen LogP contribution >= 0.6 is 0 Å². The minimum atomic E-state index is 0.515. The predicted molar refractivity (Wildman–Crippen MR) is 76.2 cm³/mol. The molecule has 0 aromatic heterocycles. The molecule has 1 aromatic rings. The highest BCUT2D eigenvalue weighted by atomic mass is 16.5. The molecule has 1 heterocycles. The van der Waals surface area contributed by atoms with Crippen LogP contribution in [-0.2, 0) is 6.54 Å². The summed E-state index contributed by atoms with van der Waals surface area (Å²) in [6.07, 6.45) is 4.07. The minimum Gasteiger partial charge on any atom is -0.496 e. The number of rotatable bonds is 4. The fourth-order valence-electron chi connectivity index (χ4n) is 2.79. The Bertz CT molecular complexity index is 381. The molecule has 18 heavy (non-hydrogen) atoms. The smallest absolute Gasteiger partial charge is 0.126 e. The number of piperidine rings is 1. The van der Waals surface area contributed by atoms with E-state index in [0.29, 0.717) is 5.92 Å². The first kappa shape index (κ1) is 13.4. The molecule has 1 aromatic carbocycles. The molecule has 1 aliphatic heterocycles. The topological polar surface area (TPSA) is 12.5 Å². The Labute approximate surface area is 111 Å². The van der Waals surface area contributed by atoms with Crippen LogP contribution in [0.25, 0.3) is 0 Å². The van der Waals surface area contributed by atoms with Gasteiger partial charge in [0, 0.05) is 12.1 Å². The third-order valence-electron chi connectivity index (χ3n) is 3.80. The van der Waals surface area contributed by atoms with E-state index < -0.39 is 0 Å². The number of para-hydroxylation sites is 1. The molecular weight excluding hydrogens is 222 g/mol. The zero-order valence-corrected chi connectivity index (χ0v) is 11.9. The van der Waals surface area contributed by atoms with Gasteiger partial charge in [0.2, 0.25) is 0 Å². The molecule has 0 radical (unpaired) electrons. The highest BCUT2D eigenvalue weighted by molar-refractivity contribution is 5.43. The van der Waals surface area contributed by atoms with E-state index in [4.69, 9.17) is 4.74 Å². The molecule has 1 aliphatic rings. The summed E-state index contributed by atoms with van der Waals surface area (Å²) in [4.78, 5) is 2.55. The first-order valence-electron chi connectivity index (χ1n) is 7.10. The van der Waals surface area contributed by atoms with Gasteiger partial charge in [-0.1, -0.05) is 38.5 Å². The van der Waals surface area contributed by atoms with E-state index in [1.54, 1.807) is 7.11 Å². The van der Waals surface area contributed by atoms with Gasteiger partial charge in [0.15, 0.2) is 0 Å². The van der Waals surface area contributed by atoms with Crippen molar-refractivity contribution < 1.29 is 4.74 Å². The summed E-state index contributed by atoms with van der Waals surface area (Å²) in [6, 6.07) is 6.56. The average molecular weight is 247 g/mol. The van der Waals surface area contributed by atoms with Crippen LogP contribution < -0.4 is 4.74 Å². The standard InChI is InChI=1S/C16H25NO/c1-13(2)15-9-7-8-14(16(15)18-3)12-17-10-5-4-6-11-17/h7-9,13H,4-6,10-12H2,1-3H3. The maximum atomic E-state index is 5.65. The maximum absolute atomic E-state index is 5.65. The lowest BCUT2D eigenvalue weighted by molar-refractivity contribution is 0.218. The monoisotopic (exact) mass is 247 g/mol. The Kier molecular flexibility index (Phi) is 4.65. The quantitative estimate of drug-likeness (QED) is 0.802. The summed E-state index contributed by atoms with van der Waals surface area (Å²) >= 11 is 0. The second-order valence-electron chi connectivity index (χ2n) is 5.53. The van der Waals surface area contributed by atoms with Gasteiger partial charge in [-0.25, -0.2) is 0 Å². The Morgan fingerprint density at radius 1 is 1.17 bits per heavy atom. The number of likely N-dealkylation sites (tertiary alicyclic amines) is 1. The van der Waals surface area contributed by atoms with Gasteiger partial charge in [0.25, 0.3) is 0 Å². The Morgan fingerprint density at radius 2 is 1.89 bits per heavy atom. The number of ether oxygens (including phenoxy) is 1. The summed E-state index contributed by atoms with van der Waals surface area (Å²) in [5.41, 5.74) is 2.66. The Hall–Kier alpha value is -1.02. The van der Waals surface area contributed by atoms with Crippen LogP contribution in [0.15, 0.2) is 18.2 Å². The molecule has 0 bridgehead atoms. The molecule has 0 spiro atoms.